The average molecular weight is 281 g/mol. The van der Waals surface area contributed by atoms with Gasteiger partial charge in [-0.25, -0.2) is 0 Å². The van der Waals surface area contributed by atoms with Gasteiger partial charge in [0.25, 0.3) is 0 Å². The van der Waals surface area contributed by atoms with E-state index < -0.39 is 0 Å². The van der Waals surface area contributed by atoms with Gasteiger partial charge in [0.05, 0.1) is 6.04 Å². The van der Waals surface area contributed by atoms with E-state index in [1.54, 1.807) is 0 Å². The number of amides is 1. The smallest absolute Gasteiger partial charge is 0.237 e. The lowest BCUT2D eigenvalue weighted by molar-refractivity contribution is -0.127. The number of hydrogen-bond donors (Lipinski definition) is 2. The highest BCUT2D eigenvalue weighted by atomic mass is 16.2. The summed E-state index contributed by atoms with van der Waals surface area (Å²) in [5.74, 6) is 0.167. The van der Waals surface area contributed by atoms with Gasteiger partial charge in [-0.15, -0.1) is 0 Å². The minimum absolute atomic E-state index is 0.0227. The minimum Gasteiger partial charge on any atom is -0.350 e. The molecule has 1 amide bonds. The molecule has 1 aliphatic heterocycles. The van der Waals surface area contributed by atoms with Crippen molar-refractivity contribution in [3.8, 4) is 0 Å². The molecule has 4 heteroatoms. The van der Waals surface area contributed by atoms with Gasteiger partial charge >= 0.3 is 0 Å². The summed E-state index contributed by atoms with van der Waals surface area (Å²) in [5, 5.41) is 6.72. The first-order valence-electron chi connectivity index (χ1n) is 8.18. The predicted molar refractivity (Wildman–Crippen MR) is 82.7 cm³/mol. The van der Waals surface area contributed by atoms with E-state index in [9.17, 15) is 4.79 Å². The van der Waals surface area contributed by atoms with Gasteiger partial charge in [0.15, 0.2) is 0 Å². The van der Waals surface area contributed by atoms with E-state index in [1.165, 1.54) is 32.1 Å². The summed E-state index contributed by atoms with van der Waals surface area (Å²) >= 11 is 0. The normalized spacial score (nSPS) is 25.6. The topological polar surface area (TPSA) is 44.4 Å². The van der Waals surface area contributed by atoms with E-state index >= 15 is 0 Å². The van der Waals surface area contributed by atoms with Crippen LogP contribution in [0, 0.1) is 0 Å². The molecule has 1 saturated carbocycles. The number of carbonyl (C=O) groups excluding carboxylic acids is 1. The summed E-state index contributed by atoms with van der Waals surface area (Å²) in [5.41, 5.74) is -0.149. The molecule has 0 spiro atoms. The number of nitrogens with one attached hydrogen (secondary N) is 2. The van der Waals surface area contributed by atoms with Crippen LogP contribution in [-0.2, 0) is 4.79 Å². The van der Waals surface area contributed by atoms with Crippen LogP contribution in [0.1, 0.15) is 59.8 Å². The second-order valence-corrected chi connectivity index (χ2v) is 7.49. The second kappa shape index (κ2) is 6.44. The molecule has 2 atom stereocenters. The Morgan fingerprint density at radius 1 is 1.30 bits per heavy atom. The lowest BCUT2D eigenvalue weighted by Crippen LogP contribution is -2.54. The van der Waals surface area contributed by atoms with Crippen molar-refractivity contribution >= 4 is 5.91 Å². The molecule has 0 aromatic rings. The quantitative estimate of drug-likeness (QED) is 0.809. The molecule has 1 aliphatic carbocycles. The van der Waals surface area contributed by atoms with E-state index in [-0.39, 0.29) is 17.5 Å². The maximum absolute atomic E-state index is 12.4. The Bertz CT molecular complexity index is 327. The van der Waals surface area contributed by atoms with Gasteiger partial charge in [0.2, 0.25) is 5.91 Å². The Morgan fingerprint density at radius 3 is 2.50 bits per heavy atom. The molecule has 0 aromatic carbocycles. The molecule has 1 heterocycles. The zero-order valence-electron chi connectivity index (χ0n) is 13.5. The predicted octanol–water partition coefficient (Wildman–Crippen LogP) is 1.90. The van der Waals surface area contributed by atoms with E-state index in [1.807, 2.05) is 20.8 Å². The number of hydrogen-bond acceptors (Lipinski definition) is 3. The van der Waals surface area contributed by atoms with Crippen LogP contribution in [-0.4, -0.2) is 47.6 Å². The van der Waals surface area contributed by atoms with Gasteiger partial charge in [-0.2, -0.15) is 0 Å². The molecule has 0 aromatic heterocycles. The van der Waals surface area contributed by atoms with Gasteiger partial charge in [-0.1, -0.05) is 6.42 Å². The van der Waals surface area contributed by atoms with Crippen molar-refractivity contribution in [1.29, 1.82) is 0 Å². The average Bonchev–Trinajstić information content (AvgIpc) is 3.18. The zero-order chi connectivity index (χ0) is 14.8. The first-order valence-corrected chi connectivity index (χ1v) is 8.18. The highest BCUT2D eigenvalue weighted by Crippen LogP contribution is 2.29. The molecule has 2 unspecified atom stereocenters. The lowest BCUT2D eigenvalue weighted by atomic mass is 10.0. The van der Waals surface area contributed by atoms with Gasteiger partial charge in [-0.3, -0.25) is 9.69 Å². The number of nitrogens with zero attached hydrogens (tertiary/aromatic N) is 1. The summed E-state index contributed by atoms with van der Waals surface area (Å²) in [6, 6.07) is 1.17. The molecule has 0 radical (unpaired) electrons. The van der Waals surface area contributed by atoms with E-state index in [2.05, 4.69) is 22.5 Å². The van der Waals surface area contributed by atoms with Crippen LogP contribution < -0.4 is 10.6 Å². The summed E-state index contributed by atoms with van der Waals surface area (Å²) in [6.45, 7) is 10.3. The van der Waals surface area contributed by atoms with Gasteiger partial charge in [0.1, 0.15) is 0 Å². The van der Waals surface area contributed by atoms with Crippen molar-refractivity contribution in [2.24, 2.45) is 0 Å². The Labute approximate surface area is 123 Å². The minimum atomic E-state index is -0.149. The third-order valence-corrected chi connectivity index (χ3v) is 4.23. The third kappa shape index (κ3) is 4.74. The molecule has 2 rings (SSSR count). The van der Waals surface area contributed by atoms with Crippen molar-refractivity contribution in [2.45, 2.75) is 83.5 Å². The maximum Gasteiger partial charge on any atom is 0.237 e. The Kier molecular flexibility index (Phi) is 5.08. The molecule has 0 bridgehead atoms. The maximum atomic E-state index is 12.4. The van der Waals surface area contributed by atoms with Gasteiger partial charge < -0.3 is 10.6 Å². The van der Waals surface area contributed by atoms with Crippen LogP contribution in [0.25, 0.3) is 0 Å². The highest BCUT2D eigenvalue weighted by Gasteiger charge is 2.37. The first-order chi connectivity index (χ1) is 9.37. The van der Waals surface area contributed by atoms with Crippen LogP contribution in [0.15, 0.2) is 0 Å². The molecular weight excluding hydrogens is 250 g/mol. The highest BCUT2D eigenvalue weighted by molar-refractivity contribution is 5.82. The zero-order valence-corrected chi connectivity index (χ0v) is 13.5. The fourth-order valence-corrected chi connectivity index (χ4v) is 2.99. The third-order valence-electron chi connectivity index (χ3n) is 4.23. The van der Waals surface area contributed by atoms with Crippen molar-refractivity contribution in [1.82, 2.24) is 15.5 Å². The van der Waals surface area contributed by atoms with Crippen LogP contribution >= 0.6 is 0 Å². The molecule has 2 N–H and O–H groups in total. The van der Waals surface area contributed by atoms with Crippen molar-refractivity contribution < 1.29 is 4.79 Å². The molecule has 116 valence electrons. The van der Waals surface area contributed by atoms with Crippen LogP contribution in [0.5, 0.6) is 0 Å². The van der Waals surface area contributed by atoms with E-state index in [0.717, 1.165) is 13.1 Å². The molecule has 4 nitrogen and oxygen atoms in total. The van der Waals surface area contributed by atoms with Crippen molar-refractivity contribution in [3.63, 3.8) is 0 Å². The van der Waals surface area contributed by atoms with Gasteiger partial charge in [0, 0.05) is 24.2 Å². The summed E-state index contributed by atoms with van der Waals surface area (Å²) in [6.07, 6.45) is 6.36. The SMILES string of the molecule is CC(C(=O)NC(C)(C)C)N(CC1CCCCN1)C1CC1. The summed E-state index contributed by atoms with van der Waals surface area (Å²) < 4.78 is 0. The molecular formula is C16H31N3O. The lowest BCUT2D eigenvalue weighted by Gasteiger charge is -2.35. The van der Waals surface area contributed by atoms with Crippen molar-refractivity contribution in [2.75, 3.05) is 13.1 Å². The Hall–Kier alpha value is -0.610. The van der Waals surface area contributed by atoms with Gasteiger partial charge in [-0.05, 0) is 59.9 Å². The van der Waals surface area contributed by atoms with E-state index in [4.69, 9.17) is 0 Å². The number of rotatable bonds is 5. The first kappa shape index (κ1) is 15.8. The summed E-state index contributed by atoms with van der Waals surface area (Å²) in [4.78, 5) is 14.8. The molecule has 1 saturated heterocycles. The standard InChI is InChI=1S/C16H31N3O/c1-12(15(20)18-16(2,3)4)19(14-8-9-14)11-13-7-5-6-10-17-13/h12-14,17H,5-11H2,1-4H3,(H,18,20). The molecule has 2 aliphatic rings. The summed E-state index contributed by atoms with van der Waals surface area (Å²) in [7, 11) is 0. The van der Waals surface area contributed by atoms with Crippen LogP contribution in [0.3, 0.4) is 0 Å². The van der Waals surface area contributed by atoms with Crippen LogP contribution in [0.4, 0.5) is 0 Å². The molecule has 2 fully saturated rings. The van der Waals surface area contributed by atoms with E-state index in [0.29, 0.717) is 12.1 Å². The number of piperidine rings is 1. The van der Waals surface area contributed by atoms with Crippen LogP contribution in [0.2, 0.25) is 0 Å². The number of carbonyl (C=O) groups is 1. The fourth-order valence-electron chi connectivity index (χ4n) is 2.99. The fraction of sp³-hybridized carbons (Fsp3) is 0.938. The Balaban J connectivity index is 1.91. The monoisotopic (exact) mass is 281 g/mol. The largest absolute Gasteiger partial charge is 0.350 e. The Morgan fingerprint density at radius 2 is 2.00 bits per heavy atom. The molecule has 20 heavy (non-hydrogen) atoms. The van der Waals surface area contributed by atoms with Crippen molar-refractivity contribution in [3.05, 3.63) is 0 Å². The second-order valence-electron chi connectivity index (χ2n) is 7.49.